The summed E-state index contributed by atoms with van der Waals surface area (Å²) in [5, 5.41) is 4.21. The fraction of sp³-hybridized carbons (Fsp3) is 0.333. The number of nitrogens with zero attached hydrogens (tertiary/aromatic N) is 2. The topological polar surface area (TPSA) is 85.5 Å². The monoisotopic (exact) mass is 416 g/mol. The van der Waals surface area contributed by atoms with E-state index in [-0.39, 0.29) is 11.2 Å². The van der Waals surface area contributed by atoms with Crippen LogP contribution in [0.5, 0.6) is 0 Å². The molecule has 3 heterocycles. The number of aromatic amines is 1. The molecule has 0 unspecified atom stereocenters. The average Bonchev–Trinajstić information content (AvgIpc) is 3.33. The summed E-state index contributed by atoms with van der Waals surface area (Å²) in [5.74, 6) is 0.515. The maximum atomic E-state index is 13.4. The number of aromatic nitrogens is 2. The molecular formula is C21H19F3N4O2. The average molecular weight is 416 g/mol. The maximum absolute atomic E-state index is 13.4. The molecule has 2 aliphatic rings. The SMILES string of the molecule is Nc1cc(-c2ccccc2C(F)(F)F)cc2[nH]c(C3=NOC4(CCOCC4)C3)nc12. The Bertz CT molecular complexity index is 1150. The lowest BCUT2D eigenvalue weighted by atomic mass is 9.89. The van der Waals surface area contributed by atoms with Gasteiger partial charge in [0, 0.05) is 19.3 Å². The molecule has 1 aromatic heterocycles. The number of H-pyrrole nitrogens is 1. The highest BCUT2D eigenvalue weighted by molar-refractivity contribution is 6.03. The molecule has 3 N–H and O–H groups in total. The third-order valence-electron chi connectivity index (χ3n) is 5.68. The predicted molar refractivity (Wildman–Crippen MR) is 106 cm³/mol. The third-order valence-corrected chi connectivity index (χ3v) is 5.68. The van der Waals surface area contributed by atoms with E-state index < -0.39 is 11.7 Å². The molecule has 0 saturated carbocycles. The molecular weight excluding hydrogens is 397 g/mol. The molecule has 3 aromatic rings. The van der Waals surface area contributed by atoms with Gasteiger partial charge < -0.3 is 20.3 Å². The van der Waals surface area contributed by atoms with Gasteiger partial charge in [0.05, 0.1) is 30.0 Å². The van der Waals surface area contributed by atoms with Crippen molar-refractivity contribution in [3.63, 3.8) is 0 Å². The lowest BCUT2D eigenvalue weighted by Crippen LogP contribution is -2.36. The Balaban J connectivity index is 1.52. The normalized spacial score (nSPS) is 18.6. The van der Waals surface area contributed by atoms with Crippen LogP contribution in [0.2, 0.25) is 0 Å². The van der Waals surface area contributed by atoms with E-state index in [4.69, 9.17) is 15.3 Å². The van der Waals surface area contributed by atoms with Crippen molar-refractivity contribution in [3.8, 4) is 11.1 Å². The minimum Gasteiger partial charge on any atom is -0.397 e. The molecule has 5 rings (SSSR count). The van der Waals surface area contributed by atoms with E-state index in [2.05, 4.69) is 15.1 Å². The van der Waals surface area contributed by atoms with Crippen LogP contribution in [0, 0.1) is 0 Å². The van der Waals surface area contributed by atoms with E-state index >= 15 is 0 Å². The molecule has 0 bridgehead atoms. The van der Waals surface area contributed by atoms with E-state index in [0.29, 0.717) is 53.5 Å². The summed E-state index contributed by atoms with van der Waals surface area (Å²) in [4.78, 5) is 13.4. The number of nitrogens with one attached hydrogen (secondary N) is 1. The number of nitrogens with two attached hydrogens (primary N) is 1. The number of rotatable bonds is 2. The van der Waals surface area contributed by atoms with Crippen molar-refractivity contribution in [2.24, 2.45) is 5.16 Å². The quantitative estimate of drug-likeness (QED) is 0.602. The lowest BCUT2D eigenvalue weighted by molar-refractivity contribution is -0.137. The molecule has 156 valence electrons. The van der Waals surface area contributed by atoms with Crippen LogP contribution in [0.1, 0.15) is 30.7 Å². The number of benzene rings is 2. The molecule has 1 spiro atoms. The van der Waals surface area contributed by atoms with Gasteiger partial charge in [-0.2, -0.15) is 13.2 Å². The van der Waals surface area contributed by atoms with Crippen LogP contribution in [0.3, 0.4) is 0 Å². The minimum absolute atomic E-state index is 0.0671. The van der Waals surface area contributed by atoms with Crippen LogP contribution in [-0.2, 0) is 15.8 Å². The van der Waals surface area contributed by atoms with E-state index in [9.17, 15) is 13.2 Å². The molecule has 0 aliphatic carbocycles. The first-order chi connectivity index (χ1) is 14.3. The molecule has 0 atom stereocenters. The fourth-order valence-corrected chi connectivity index (χ4v) is 4.08. The van der Waals surface area contributed by atoms with Crippen molar-refractivity contribution in [2.75, 3.05) is 18.9 Å². The second-order valence-electron chi connectivity index (χ2n) is 7.69. The van der Waals surface area contributed by atoms with Crippen LogP contribution in [-0.4, -0.2) is 34.5 Å². The molecule has 6 nitrogen and oxygen atoms in total. The summed E-state index contributed by atoms with van der Waals surface area (Å²) < 4.78 is 45.7. The maximum Gasteiger partial charge on any atom is 0.417 e. The van der Waals surface area contributed by atoms with E-state index in [0.717, 1.165) is 18.9 Å². The number of nitrogen functional groups attached to an aromatic ring is 1. The van der Waals surface area contributed by atoms with E-state index in [1.165, 1.54) is 18.2 Å². The lowest BCUT2D eigenvalue weighted by Gasteiger charge is -2.30. The minimum atomic E-state index is -4.46. The van der Waals surface area contributed by atoms with Crippen molar-refractivity contribution in [3.05, 3.63) is 47.8 Å². The summed E-state index contributed by atoms with van der Waals surface area (Å²) in [6.07, 6.45) is -2.37. The largest absolute Gasteiger partial charge is 0.417 e. The Morgan fingerprint density at radius 3 is 2.63 bits per heavy atom. The second-order valence-corrected chi connectivity index (χ2v) is 7.69. The first kappa shape index (κ1) is 18.9. The zero-order valence-electron chi connectivity index (χ0n) is 15.9. The highest BCUT2D eigenvalue weighted by Gasteiger charge is 2.42. The van der Waals surface area contributed by atoms with Gasteiger partial charge in [0.1, 0.15) is 16.8 Å². The van der Waals surface area contributed by atoms with Gasteiger partial charge in [0.25, 0.3) is 0 Å². The zero-order valence-corrected chi connectivity index (χ0v) is 15.9. The zero-order chi connectivity index (χ0) is 20.9. The number of halogens is 3. The Morgan fingerprint density at radius 2 is 1.87 bits per heavy atom. The molecule has 2 aliphatic heterocycles. The fourth-order valence-electron chi connectivity index (χ4n) is 4.08. The molecule has 30 heavy (non-hydrogen) atoms. The van der Waals surface area contributed by atoms with Crippen molar-refractivity contribution < 1.29 is 22.7 Å². The Kier molecular flexibility index (Phi) is 4.25. The number of alkyl halides is 3. The summed E-state index contributed by atoms with van der Waals surface area (Å²) in [6, 6.07) is 8.59. The molecule has 1 saturated heterocycles. The number of hydrogen-bond acceptors (Lipinski definition) is 5. The highest BCUT2D eigenvalue weighted by atomic mass is 19.4. The molecule has 2 aromatic carbocycles. The number of oxime groups is 1. The van der Waals surface area contributed by atoms with Crippen LogP contribution in [0.15, 0.2) is 41.6 Å². The highest BCUT2D eigenvalue weighted by Crippen LogP contribution is 2.39. The number of hydrogen-bond donors (Lipinski definition) is 2. The number of ether oxygens (including phenoxy) is 1. The predicted octanol–water partition coefficient (Wildman–Crippen LogP) is 4.50. The Labute approximate surface area is 169 Å². The summed E-state index contributed by atoms with van der Waals surface area (Å²) in [5.41, 5.74) is 7.52. The molecule has 1 fully saturated rings. The summed E-state index contributed by atoms with van der Waals surface area (Å²) in [7, 11) is 0. The molecule has 0 radical (unpaired) electrons. The van der Waals surface area contributed by atoms with Gasteiger partial charge in [-0.25, -0.2) is 4.98 Å². The van der Waals surface area contributed by atoms with Crippen LogP contribution < -0.4 is 5.73 Å². The van der Waals surface area contributed by atoms with Gasteiger partial charge in [-0.1, -0.05) is 23.4 Å². The third kappa shape index (κ3) is 3.19. The Hall–Kier alpha value is -3.07. The smallest absolute Gasteiger partial charge is 0.397 e. The molecule has 9 heteroatoms. The van der Waals surface area contributed by atoms with Crippen molar-refractivity contribution >= 4 is 22.4 Å². The van der Waals surface area contributed by atoms with Crippen LogP contribution in [0.4, 0.5) is 18.9 Å². The summed E-state index contributed by atoms with van der Waals surface area (Å²) in [6.45, 7) is 1.25. The van der Waals surface area contributed by atoms with Crippen molar-refractivity contribution in [1.29, 1.82) is 0 Å². The molecule has 0 amide bonds. The van der Waals surface area contributed by atoms with Gasteiger partial charge in [-0.3, -0.25) is 0 Å². The van der Waals surface area contributed by atoms with Gasteiger partial charge in [0.2, 0.25) is 0 Å². The Morgan fingerprint density at radius 1 is 1.10 bits per heavy atom. The number of imidazole rings is 1. The van der Waals surface area contributed by atoms with Crippen LogP contribution >= 0.6 is 0 Å². The van der Waals surface area contributed by atoms with Gasteiger partial charge in [0.15, 0.2) is 5.82 Å². The van der Waals surface area contributed by atoms with Gasteiger partial charge in [-0.15, -0.1) is 0 Å². The number of anilines is 1. The van der Waals surface area contributed by atoms with Gasteiger partial charge in [-0.05, 0) is 29.3 Å². The van der Waals surface area contributed by atoms with Crippen molar-refractivity contribution in [1.82, 2.24) is 9.97 Å². The van der Waals surface area contributed by atoms with E-state index in [1.54, 1.807) is 12.1 Å². The van der Waals surface area contributed by atoms with Crippen LogP contribution in [0.25, 0.3) is 22.2 Å². The standard InChI is InChI=1S/C21H19F3N4O2/c22-21(23,24)14-4-2-1-3-13(14)12-9-15(25)18-16(10-12)26-19(27-18)17-11-20(30-28-17)5-7-29-8-6-20/h1-4,9-10H,5-8,11,25H2,(H,26,27). The van der Waals surface area contributed by atoms with Crippen molar-refractivity contribution in [2.45, 2.75) is 31.0 Å². The number of fused-ring (bicyclic) bond motifs is 1. The van der Waals surface area contributed by atoms with E-state index in [1.807, 2.05) is 0 Å². The first-order valence-electron chi connectivity index (χ1n) is 9.64. The second kappa shape index (κ2) is 6.73. The van der Waals surface area contributed by atoms with Gasteiger partial charge >= 0.3 is 6.18 Å². The first-order valence-corrected chi connectivity index (χ1v) is 9.64. The summed E-state index contributed by atoms with van der Waals surface area (Å²) >= 11 is 0.